The quantitative estimate of drug-likeness (QED) is 0.378. The predicted molar refractivity (Wildman–Crippen MR) is 114 cm³/mol. The normalized spacial score (nSPS) is 17.0. The molecule has 0 bridgehead atoms. The van der Waals surface area contributed by atoms with Gasteiger partial charge in [0.2, 0.25) is 0 Å². The number of nitrogens with one attached hydrogen (secondary N) is 1. The Labute approximate surface area is 183 Å². The van der Waals surface area contributed by atoms with E-state index in [1.807, 2.05) is 22.6 Å². The van der Waals surface area contributed by atoms with Crippen LogP contribution in [-0.4, -0.2) is 31.2 Å². The van der Waals surface area contributed by atoms with E-state index in [2.05, 4.69) is 4.72 Å². The number of halogens is 4. The zero-order valence-electron chi connectivity index (χ0n) is 15.2. The highest BCUT2D eigenvalue weighted by Gasteiger charge is 2.52. The van der Waals surface area contributed by atoms with Crippen LogP contribution in [0.2, 0.25) is 0 Å². The van der Waals surface area contributed by atoms with Crippen molar-refractivity contribution in [2.45, 2.75) is 33.2 Å². The maximum atomic E-state index is 12.8. The van der Waals surface area contributed by atoms with Gasteiger partial charge in [0, 0.05) is 11.0 Å². The van der Waals surface area contributed by atoms with Crippen LogP contribution in [0.1, 0.15) is 24.3 Å². The van der Waals surface area contributed by atoms with Crippen LogP contribution >= 0.6 is 33.9 Å². The van der Waals surface area contributed by atoms with Crippen LogP contribution in [0.4, 0.5) is 13.2 Å². The van der Waals surface area contributed by atoms with Crippen molar-refractivity contribution in [3.05, 3.63) is 59.0 Å². The molecule has 0 fully saturated rings. The second kappa shape index (κ2) is 8.36. The van der Waals surface area contributed by atoms with Gasteiger partial charge in [-0.2, -0.15) is 17.9 Å². The molecule has 0 amide bonds. The SMILES string of the molecule is C[C@@](NS(=O)(=O)c1ccc(/C=C/C(F)(F)F)s1)(C(=O)O)[C@](C)(I)c1ccccc1. The van der Waals surface area contributed by atoms with E-state index in [1.54, 1.807) is 37.3 Å². The van der Waals surface area contributed by atoms with E-state index in [4.69, 9.17) is 0 Å². The maximum Gasteiger partial charge on any atom is 0.409 e. The lowest BCUT2D eigenvalue weighted by Crippen LogP contribution is -2.61. The second-order valence-corrected chi connectivity index (χ2v) is 11.6. The molecule has 1 heterocycles. The van der Waals surface area contributed by atoms with E-state index >= 15 is 0 Å². The molecule has 0 aliphatic carbocycles. The molecule has 0 unspecified atom stereocenters. The van der Waals surface area contributed by atoms with Crippen LogP contribution in [0, 0.1) is 0 Å². The topological polar surface area (TPSA) is 83.5 Å². The van der Waals surface area contributed by atoms with Crippen molar-refractivity contribution in [2.24, 2.45) is 0 Å². The highest BCUT2D eigenvalue weighted by Crippen LogP contribution is 2.43. The molecule has 2 aromatic rings. The minimum atomic E-state index is -4.53. The number of benzene rings is 1. The van der Waals surface area contributed by atoms with Gasteiger partial charge in [0.25, 0.3) is 10.0 Å². The molecule has 2 atom stereocenters. The Kier molecular flexibility index (Phi) is 6.87. The molecule has 2 N–H and O–H groups in total. The molecule has 1 aromatic heterocycles. The van der Waals surface area contributed by atoms with E-state index in [0.717, 1.165) is 12.1 Å². The first-order valence-corrected chi connectivity index (χ1v) is 11.4. The summed E-state index contributed by atoms with van der Waals surface area (Å²) in [5.74, 6) is -1.39. The van der Waals surface area contributed by atoms with E-state index < -0.39 is 31.1 Å². The minimum Gasteiger partial charge on any atom is -0.480 e. The Morgan fingerprint density at radius 1 is 1.14 bits per heavy atom. The van der Waals surface area contributed by atoms with Gasteiger partial charge >= 0.3 is 12.1 Å². The monoisotopic (exact) mass is 559 g/mol. The molecule has 2 rings (SSSR count). The van der Waals surface area contributed by atoms with E-state index in [1.165, 1.54) is 13.0 Å². The predicted octanol–water partition coefficient (Wildman–Crippen LogP) is 4.80. The first-order valence-electron chi connectivity index (χ1n) is 8.07. The number of carboxylic acids is 1. The third-order valence-corrected chi connectivity index (χ3v) is 9.12. The van der Waals surface area contributed by atoms with Crippen LogP contribution in [0.25, 0.3) is 6.08 Å². The summed E-state index contributed by atoms with van der Waals surface area (Å²) >= 11 is 2.49. The summed E-state index contributed by atoms with van der Waals surface area (Å²) in [4.78, 5) is 12.2. The summed E-state index contributed by atoms with van der Waals surface area (Å²) in [6, 6.07) is 10.9. The minimum absolute atomic E-state index is 0.00132. The standard InChI is InChI=1S/C18H17F3INO4S2/c1-16(22,12-6-4-3-5-7-12)17(2,15(24)25)23-29(26,27)14-9-8-13(28-14)10-11-18(19,20)21/h3-11,23H,1-2H3,(H,24,25)/b11-10+/t16-,17-/m1/s1. The first-order chi connectivity index (χ1) is 13.2. The number of hydrogen-bond donors (Lipinski definition) is 2. The van der Waals surface area contributed by atoms with Gasteiger partial charge < -0.3 is 5.11 Å². The zero-order chi connectivity index (χ0) is 22.1. The Bertz CT molecular complexity index is 1020. The van der Waals surface area contributed by atoms with Crippen molar-refractivity contribution in [3.8, 4) is 0 Å². The van der Waals surface area contributed by atoms with Crippen LogP contribution in [0.15, 0.2) is 52.7 Å². The van der Waals surface area contributed by atoms with Crippen LogP contribution in [0.5, 0.6) is 0 Å². The average molecular weight is 559 g/mol. The Morgan fingerprint density at radius 2 is 1.72 bits per heavy atom. The smallest absolute Gasteiger partial charge is 0.409 e. The molecule has 29 heavy (non-hydrogen) atoms. The largest absolute Gasteiger partial charge is 0.480 e. The fraction of sp³-hybridized carbons (Fsp3) is 0.278. The third kappa shape index (κ3) is 5.38. The number of thiophene rings is 1. The lowest BCUT2D eigenvalue weighted by molar-refractivity contribution is -0.144. The summed E-state index contributed by atoms with van der Waals surface area (Å²) < 4.78 is 63.4. The highest BCUT2D eigenvalue weighted by atomic mass is 127. The van der Waals surface area contributed by atoms with Crippen LogP contribution in [0.3, 0.4) is 0 Å². The Hall–Kier alpha value is -1.44. The summed E-state index contributed by atoms with van der Waals surface area (Å²) in [5.41, 5.74) is -1.35. The molecule has 0 aliphatic rings. The van der Waals surface area contributed by atoms with Gasteiger partial charge in [0.05, 0.1) is 3.42 Å². The van der Waals surface area contributed by atoms with E-state index in [0.29, 0.717) is 16.9 Å². The number of carbonyl (C=O) groups is 1. The number of alkyl halides is 4. The van der Waals surface area contributed by atoms with Gasteiger partial charge in [-0.15, -0.1) is 11.3 Å². The Balaban J connectivity index is 2.41. The van der Waals surface area contributed by atoms with Crippen molar-refractivity contribution < 1.29 is 31.5 Å². The maximum absolute atomic E-state index is 12.8. The molecular formula is C18H17F3INO4S2. The summed E-state index contributed by atoms with van der Waals surface area (Å²) in [5, 5.41) is 9.85. The van der Waals surface area contributed by atoms with Crippen molar-refractivity contribution in [1.82, 2.24) is 4.72 Å². The number of aliphatic carboxylic acids is 1. The first kappa shape index (κ1) is 23.8. The van der Waals surface area contributed by atoms with Gasteiger partial charge in [-0.05, 0) is 37.6 Å². The molecule has 158 valence electrons. The zero-order valence-corrected chi connectivity index (χ0v) is 19.0. The fourth-order valence-corrected chi connectivity index (χ4v) is 6.02. The lowest BCUT2D eigenvalue weighted by atomic mass is 9.82. The highest BCUT2D eigenvalue weighted by molar-refractivity contribution is 14.1. The summed E-state index contributed by atoms with van der Waals surface area (Å²) in [6.45, 7) is 2.84. The van der Waals surface area contributed by atoms with Gasteiger partial charge in [-0.25, -0.2) is 8.42 Å². The summed E-state index contributed by atoms with van der Waals surface area (Å²) in [7, 11) is -4.32. The van der Waals surface area contributed by atoms with E-state index in [9.17, 15) is 31.5 Å². The molecular weight excluding hydrogens is 542 g/mol. The Morgan fingerprint density at radius 3 is 2.24 bits per heavy atom. The van der Waals surface area contributed by atoms with Gasteiger partial charge in [0.1, 0.15) is 9.75 Å². The molecule has 0 saturated heterocycles. The summed E-state index contributed by atoms with van der Waals surface area (Å²) in [6.07, 6.45) is -3.77. The van der Waals surface area contributed by atoms with Crippen molar-refractivity contribution >= 4 is 56.0 Å². The van der Waals surface area contributed by atoms with Crippen molar-refractivity contribution in [2.75, 3.05) is 0 Å². The lowest BCUT2D eigenvalue weighted by Gasteiger charge is -2.39. The average Bonchev–Trinajstić information content (AvgIpc) is 3.09. The molecule has 5 nitrogen and oxygen atoms in total. The second-order valence-electron chi connectivity index (χ2n) is 6.44. The van der Waals surface area contributed by atoms with E-state index in [-0.39, 0.29) is 15.2 Å². The van der Waals surface area contributed by atoms with Crippen LogP contribution < -0.4 is 4.72 Å². The molecule has 0 spiro atoms. The fourth-order valence-electron chi connectivity index (χ4n) is 2.44. The molecule has 0 aliphatic heterocycles. The number of hydrogen-bond acceptors (Lipinski definition) is 4. The number of allylic oxidation sites excluding steroid dienone is 1. The number of rotatable bonds is 7. The molecule has 0 saturated carbocycles. The number of carboxylic acid groups (broad SMARTS) is 1. The number of sulfonamides is 1. The van der Waals surface area contributed by atoms with Gasteiger partial charge in [-0.3, -0.25) is 4.79 Å². The van der Waals surface area contributed by atoms with Gasteiger partial charge in [0.15, 0.2) is 0 Å². The molecule has 0 radical (unpaired) electrons. The van der Waals surface area contributed by atoms with Crippen molar-refractivity contribution in [1.29, 1.82) is 0 Å². The van der Waals surface area contributed by atoms with Crippen LogP contribution in [-0.2, 0) is 18.2 Å². The molecule has 1 aromatic carbocycles. The van der Waals surface area contributed by atoms with Crippen molar-refractivity contribution in [3.63, 3.8) is 0 Å². The third-order valence-electron chi connectivity index (χ3n) is 4.32. The molecule has 11 heteroatoms. The van der Waals surface area contributed by atoms with Gasteiger partial charge in [-0.1, -0.05) is 52.9 Å².